The highest BCUT2D eigenvalue weighted by molar-refractivity contribution is 5.37. The van der Waals surface area contributed by atoms with Crippen LogP contribution in [0.2, 0.25) is 0 Å². The molecule has 1 aromatic heterocycles. The number of rotatable bonds is 4. The first kappa shape index (κ1) is 12.3. The molecule has 2 rings (SSSR count). The summed E-state index contributed by atoms with van der Waals surface area (Å²) >= 11 is 0. The second kappa shape index (κ2) is 5.96. The van der Waals surface area contributed by atoms with Crippen LogP contribution in [0.4, 0.5) is 5.82 Å². The van der Waals surface area contributed by atoms with Gasteiger partial charge in [0.25, 0.3) is 0 Å². The molecule has 1 aliphatic heterocycles. The zero-order valence-corrected chi connectivity index (χ0v) is 10.8. The average molecular weight is 234 g/mol. The maximum absolute atomic E-state index is 4.63. The van der Waals surface area contributed by atoms with E-state index in [1.54, 1.807) is 0 Å². The summed E-state index contributed by atoms with van der Waals surface area (Å²) in [4.78, 5) is 11.3. The third kappa shape index (κ3) is 3.40. The normalized spacial score (nSPS) is 17.4. The van der Waals surface area contributed by atoms with Crippen LogP contribution >= 0.6 is 0 Å². The van der Waals surface area contributed by atoms with Crippen molar-refractivity contribution in [3.8, 4) is 0 Å². The Morgan fingerprint density at radius 1 is 1.41 bits per heavy atom. The summed E-state index contributed by atoms with van der Waals surface area (Å²) in [6.07, 6.45) is 5.33. The molecule has 0 radical (unpaired) electrons. The van der Waals surface area contributed by atoms with Gasteiger partial charge in [-0.05, 0) is 31.9 Å². The zero-order valence-electron chi connectivity index (χ0n) is 10.8. The van der Waals surface area contributed by atoms with Gasteiger partial charge in [-0.2, -0.15) is 0 Å². The number of nitrogens with one attached hydrogen (secondary N) is 1. The molecule has 94 valence electrons. The minimum absolute atomic E-state index is 0.858. The number of hydrogen-bond donors (Lipinski definition) is 1. The van der Waals surface area contributed by atoms with Gasteiger partial charge in [0.05, 0.1) is 0 Å². The van der Waals surface area contributed by atoms with E-state index in [0.717, 1.165) is 43.6 Å². The molecule has 0 unspecified atom stereocenters. The molecule has 17 heavy (non-hydrogen) atoms. The Morgan fingerprint density at radius 3 is 2.88 bits per heavy atom. The second-order valence-electron chi connectivity index (χ2n) is 4.85. The summed E-state index contributed by atoms with van der Waals surface area (Å²) in [7, 11) is 1.95. The van der Waals surface area contributed by atoms with Crippen LogP contribution in [0.1, 0.15) is 25.6 Å². The fourth-order valence-corrected chi connectivity index (χ4v) is 2.16. The van der Waals surface area contributed by atoms with Crippen LogP contribution in [0, 0.1) is 5.92 Å². The smallest absolute Gasteiger partial charge is 0.132 e. The van der Waals surface area contributed by atoms with Crippen LogP contribution in [0.3, 0.4) is 0 Å². The van der Waals surface area contributed by atoms with Gasteiger partial charge in [-0.3, -0.25) is 0 Å². The third-order valence-corrected chi connectivity index (χ3v) is 3.40. The largest absolute Gasteiger partial charge is 0.356 e. The number of anilines is 1. The van der Waals surface area contributed by atoms with E-state index in [1.807, 2.05) is 19.3 Å². The molecule has 0 aromatic carbocycles. The SMILES string of the molecule is CNCCc1nccc(N2CCC(C)CC2)n1. The molecule has 4 nitrogen and oxygen atoms in total. The van der Waals surface area contributed by atoms with Crippen molar-refractivity contribution in [3.05, 3.63) is 18.1 Å². The molecule has 0 atom stereocenters. The Hall–Kier alpha value is -1.16. The molecule has 1 aromatic rings. The minimum atomic E-state index is 0.858. The van der Waals surface area contributed by atoms with Crippen molar-refractivity contribution in [1.29, 1.82) is 0 Å². The fraction of sp³-hybridized carbons (Fsp3) is 0.692. The van der Waals surface area contributed by atoms with Crippen LogP contribution in [0.5, 0.6) is 0 Å². The van der Waals surface area contributed by atoms with E-state index in [2.05, 4.69) is 27.1 Å². The number of piperidine rings is 1. The summed E-state index contributed by atoms with van der Waals surface area (Å²) in [6, 6.07) is 2.03. The molecular formula is C13H22N4. The summed E-state index contributed by atoms with van der Waals surface area (Å²) in [6.45, 7) is 5.52. The molecule has 1 aliphatic rings. The molecule has 1 fully saturated rings. The van der Waals surface area contributed by atoms with E-state index < -0.39 is 0 Å². The van der Waals surface area contributed by atoms with Crippen LogP contribution in [0.15, 0.2) is 12.3 Å². The Balaban J connectivity index is 2.00. The van der Waals surface area contributed by atoms with Gasteiger partial charge in [-0.15, -0.1) is 0 Å². The van der Waals surface area contributed by atoms with Gasteiger partial charge in [0.1, 0.15) is 11.6 Å². The van der Waals surface area contributed by atoms with Crippen LogP contribution in [-0.2, 0) is 6.42 Å². The average Bonchev–Trinajstić information content (AvgIpc) is 2.37. The molecule has 0 aliphatic carbocycles. The quantitative estimate of drug-likeness (QED) is 0.856. The molecule has 0 bridgehead atoms. The minimum Gasteiger partial charge on any atom is -0.356 e. The highest BCUT2D eigenvalue weighted by Gasteiger charge is 2.17. The topological polar surface area (TPSA) is 41.1 Å². The highest BCUT2D eigenvalue weighted by atomic mass is 15.2. The highest BCUT2D eigenvalue weighted by Crippen LogP contribution is 2.20. The molecule has 0 saturated carbocycles. The lowest BCUT2D eigenvalue weighted by molar-refractivity contribution is 0.436. The summed E-state index contributed by atoms with van der Waals surface area (Å²) in [5.41, 5.74) is 0. The van der Waals surface area contributed by atoms with Gasteiger partial charge < -0.3 is 10.2 Å². The van der Waals surface area contributed by atoms with E-state index >= 15 is 0 Å². The van der Waals surface area contributed by atoms with Crippen molar-refractivity contribution in [2.45, 2.75) is 26.2 Å². The Morgan fingerprint density at radius 2 is 2.18 bits per heavy atom. The fourth-order valence-electron chi connectivity index (χ4n) is 2.16. The first-order valence-electron chi connectivity index (χ1n) is 6.51. The first-order valence-corrected chi connectivity index (χ1v) is 6.51. The van der Waals surface area contributed by atoms with E-state index in [1.165, 1.54) is 12.8 Å². The van der Waals surface area contributed by atoms with Crippen LogP contribution in [-0.4, -0.2) is 36.6 Å². The number of likely N-dealkylation sites (N-methyl/N-ethyl adjacent to an activating group) is 1. The van der Waals surface area contributed by atoms with Gasteiger partial charge >= 0.3 is 0 Å². The number of nitrogens with zero attached hydrogens (tertiary/aromatic N) is 3. The van der Waals surface area contributed by atoms with Crippen LogP contribution < -0.4 is 10.2 Å². The molecule has 0 spiro atoms. The lowest BCUT2D eigenvalue weighted by Gasteiger charge is -2.31. The van der Waals surface area contributed by atoms with Gasteiger partial charge in [-0.25, -0.2) is 9.97 Å². The van der Waals surface area contributed by atoms with Crippen molar-refractivity contribution in [2.24, 2.45) is 5.92 Å². The van der Waals surface area contributed by atoms with Gasteiger partial charge in [0.15, 0.2) is 0 Å². The first-order chi connectivity index (χ1) is 8.29. The third-order valence-electron chi connectivity index (χ3n) is 3.40. The Labute approximate surface area is 103 Å². The van der Waals surface area contributed by atoms with Crippen molar-refractivity contribution < 1.29 is 0 Å². The van der Waals surface area contributed by atoms with Gasteiger partial charge in [0.2, 0.25) is 0 Å². The van der Waals surface area contributed by atoms with Crippen molar-refractivity contribution >= 4 is 5.82 Å². The predicted octanol–water partition coefficient (Wildman–Crippen LogP) is 1.47. The van der Waals surface area contributed by atoms with E-state index in [0.29, 0.717) is 0 Å². The van der Waals surface area contributed by atoms with Gasteiger partial charge in [-0.1, -0.05) is 6.92 Å². The molecule has 1 saturated heterocycles. The van der Waals surface area contributed by atoms with Crippen LogP contribution in [0.25, 0.3) is 0 Å². The second-order valence-corrected chi connectivity index (χ2v) is 4.85. The summed E-state index contributed by atoms with van der Waals surface area (Å²) in [5.74, 6) is 2.89. The van der Waals surface area contributed by atoms with Crippen molar-refractivity contribution in [3.63, 3.8) is 0 Å². The zero-order chi connectivity index (χ0) is 12.1. The van der Waals surface area contributed by atoms with Crippen molar-refractivity contribution in [2.75, 3.05) is 31.6 Å². The summed E-state index contributed by atoms with van der Waals surface area (Å²) < 4.78 is 0. The van der Waals surface area contributed by atoms with E-state index in [4.69, 9.17) is 0 Å². The maximum Gasteiger partial charge on any atom is 0.132 e. The number of hydrogen-bond acceptors (Lipinski definition) is 4. The predicted molar refractivity (Wildman–Crippen MR) is 70.3 cm³/mol. The Kier molecular flexibility index (Phi) is 4.31. The monoisotopic (exact) mass is 234 g/mol. The number of aromatic nitrogens is 2. The van der Waals surface area contributed by atoms with Crippen molar-refractivity contribution in [1.82, 2.24) is 15.3 Å². The van der Waals surface area contributed by atoms with E-state index in [9.17, 15) is 0 Å². The standard InChI is InChI=1S/C13H22N4/c1-11-5-9-17(10-6-11)13-4-8-15-12(16-13)3-7-14-2/h4,8,11,14H,3,5-7,9-10H2,1-2H3. The molecule has 4 heteroatoms. The molecule has 0 amide bonds. The molecule has 2 heterocycles. The van der Waals surface area contributed by atoms with Gasteiger partial charge in [0, 0.05) is 32.3 Å². The molecular weight excluding hydrogens is 212 g/mol. The summed E-state index contributed by atoms with van der Waals surface area (Å²) in [5, 5.41) is 3.13. The van der Waals surface area contributed by atoms with E-state index in [-0.39, 0.29) is 0 Å². The lowest BCUT2D eigenvalue weighted by Crippen LogP contribution is -2.33. The Bertz CT molecular complexity index is 345. The molecule has 1 N–H and O–H groups in total. The maximum atomic E-state index is 4.63. The lowest BCUT2D eigenvalue weighted by atomic mass is 9.99.